The molecule has 1 saturated heterocycles. The van der Waals surface area contributed by atoms with Crippen LogP contribution in [0.1, 0.15) is 33.1 Å². The fourth-order valence-electron chi connectivity index (χ4n) is 2.18. The quantitative estimate of drug-likeness (QED) is 0.725. The van der Waals surface area contributed by atoms with Gasteiger partial charge in [-0.1, -0.05) is 20.3 Å². The van der Waals surface area contributed by atoms with E-state index in [4.69, 9.17) is 5.26 Å². The number of sulfonamides is 1. The summed E-state index contributed by atoms with van der Waals surface area (Å²) in [6.45, 7) is 6.34. The first-order valence-corrected chi connectivity index (χ1v) is 8.27. The van der Waals surface area contributed by atoms with E-state index in [-0.39, 0.29) is 11.8 Å². The first-order valence-electron chi connectivity index (χ1n) is 6.66. The minimum atomic E-state index is -3.08. The van der Waals surface area contributed by atoms with Gasteiger partial charge in [-0.25, -0.2) is 8.42 Å². The minimum absolute atomic E-state index is 0.0782. The van der Waals surface area contributed by atoms with Crippen molar-refractivity contribution in [1.29, 1.82) is 5.26 Å². The standard InChI is InChI=1S/C12H23N3O2S/c1-3-5-10-18(16,17)15-8-6-14(7-9-15)12(4-2)11-13/h12H,3-10H2,1-2H3. The molecule has 6 heteroatoms. The molecular weight excluding hydrogens is 250 g/mol. The van der Waals surface area contributed by atoms with Gasteiger partial charge in [0.1, 0.15) is 0 Å². The van der Waals surface area contributed by atoms with Crippen molar-refractivity contribution < 1.29 is 8.42 Å². The summed E-state index contributed by atoms with van der Waals surface area (Å²) in [7, 11) is -3.08. The van der Waals surface area contributed by atoms with E-state index in [1.807, 2.05) is 13.8 Å². The maximum Gasteiger partial charge on any atom is 0.214 e. The summed E-state index contributed by atoms with van der Waals surface area (Å²) < 4.78 is 25.6. The predicted molar refractivity (Wildman–Crippen MR) is 71.5 cm³/mol. The molecule has 0 bridgehead atoms. The number of nitrogens with zero attached hydrogens (tertiary/aromatic N) is 3. The van der Waals surface area contributed by atoms with Crippen molar-refractivity contribution >= 4 is 10.0 Å². The van der Waals surface area contributed by atoms with Crippen LogP contribution in [0.25, 0.3) is 0 Å². The van der Waals surface area contributed by atoms with E-state index in [1.165, 1.54) is 0 Å². The summed E-state index contributed by atoms with van der Waals surface area (Å²) in [5.41, 5.74) is 0. The molecule has 1 heterocycles. The first kappa shape index (κ1) is 15.4. The van der Waals surface area contributed by atoms with E-state index in [0.29, 0.717) is 26.2 Å². The average Bonchev–Trinajstić information content (AvgIpc) is 2.38. The summed E-state index contributed by atoms with van der Waals surface area (Å²) in [4.78, 5) is 2.08. The lowest BCUT2D eigenvalue weighted by atomic mass is 10.2. The van der Waals surface area contributed by atoms with Gasteiger partial charge in [-0.15, -0.1) is 0 Å². The molecule has 1 aliphatic rings. The van der Waals surface area contributed by atoms with Gasteiger partial charge in [-0.3, -0.25) is 4.90 Å². The molecule has 1 rings (SSSR count). The molecule has 0 aromatic rings. The van der Waals surface area contributed by atoms with E-state index in [2.05, 4.69) is 11.0 Å². The Labute approximate surface area is 110 Å². The molecule has 1 atom stereocenters. The van der Waals surface area contributed by atoms with Crippen molar-refractivity contribution in [2.45, 2.75) is 39.2 Å². The normalized spacial score (nSPS) is 20.5. The van der Waals surface area contributed by atoms with Crippen LogP contribution >= 0.6 is 0 Å². The van der Waals surface area contributed by atoms with Gasteiger partial charge in [0.2, 0.25) is 10.0 Å². The summed E-state index contributed by atoms with van der Waals surface area (Å²) in [5.74, 6) is 0.249. The van der Waals surface area contributed by atoms with Crippen molar-refractivity contribution in [3.63, 3.8) is 0 Å². The van der Waals surface area contributed by atoms with Gasteiger partial charge < -0.3 is 0 Å². The van der Waals surface area contributed by atoms with Crippen LogP contribution in [0.3, 0.4) is 0 Å². The third-order valence-corrected chi connectivity index (χ3v) is 5.36. The molecule has 0 saturated carbocycles. The first-order chi connectivity index (χ1) is 8.55. The van der Waals surface area contributed by atoms with Crippen molar-refractivity contribution in [3.05, 3.63) is 0 Å². The SMILES string of the molecule is CCCCS(=O)(=O)N1CCN(C(C#N)CC)CC1. The van der Waals surface area contributed by atoms with Crippen molar-refractivity contribution in [2.75, 3.05) is 31.9 Å². The number of hydrogen-bond acceptors (Lipinski definition) is 4. The van der Waals surface area contributed by atoms with E-state index in [9.17, 15) is 8.42 Å². The maximum absolute atomic E-state index is 12.0. The lowest BCUT2D eigenvalue weighted by Crippen LogP contribution is -2.51. The highest BCUT2D eigenvalue weighted by Gasteiger charge is 2.28. The summed E-state index contributed by atoms with van der Waals surface area (Å²) in [6.07, 6.45) is 2.41. The average molecular weight is 273 g/mol. The molecular formula is C12H23N3O2S. The molecule has 0 spiro atoms. The van der Waals surface area contributed by atoms with E-state index >= 15 is 0 Å². The van der Waals surface area contributed by atoms with Gasteiger partial charge in [0.25, 0.3) is 0 Å². The summed E-state index contributed by atoms with van der Waals surface area (Å²) in [6, 6.07) is 2.19. The highest BCUT2D eigenvalue weighted by molar-refractivity contribution is 7.89. The second-order valence-corrected chi connectivity index (χ2v) is 6.75. The molecule has 5 nitrogen and oxygen atoms in total. The van der Waals surface area contributed by atoms with Gasteiger partial charge in [0, 0.05) is 26.2 Å². The van der Waals surface area contributed by atoms with Crippen LogP contribution in [-0.4, -0.2) is 55.6 Å². The van der Waals surface area contributed by atoms with Gasteiger partial charge in [-0.05, 0) is 12.8 Å². The summed E-state index contributed by atoms with van der Waals surface area (Å²) >= 11 is 0. The summed E-state index contributed by atoms with van der Waals surface area (Å²) in [5, 5.41) is 9.00. The Hall–Kier alpha value is -0.640. The maximum atomic E-state index is 12.0. The van der Waals surface area contributed by atoms with E-state index < -0.39 is 10.0 Å². The number of nitriles is 1. The molecule has 104 valence electrons. The fourth-order valence-corrected chi connectivity index (χ4v) is 3.81. The molecule has 0 aliphatic carbocycles. The number of unbranched alkanes of at least 4 members (excludes halogenated alkanes) is 1. The Bertz CT molecular complexity index is 381. The van der Waals surface area contributed by atoms with Crippen molar-refractivity contribution in [3.8, 4) is 6.07 Å². The molecule has 0 aromatic carbocycles. The zero-order valence-corrected chi connectivity index (χ0v) is 12.1. The van der Waals surface area contributed by atoms with E-state index in [0.717, 1.165) is 19.3 Å². The molecule has 1 aliphatic heterocycles. The molecule has 1 fully saturated rings. The highest BCUT2D eigenvalue weighted by Crippen LogP contribution is 2.13. The Kier molecular flexibility index (Phi) is 6.06. The molecule has 0 aromatic heterocycles. The molecule has 0 N–H and O–H groups in total. The predicted octanol–water partition coefficient (Wildman–Crippen LogP) is 1.04. The third-order valence-electron chi connectivity index (χ3n) is 3.40. The van der Waals surface area contributed by atoms with Crippen molar-refractivity contribution in [1.82, 2.24) is 9.21 Å². The van der Waals surface area contributed by atoms with Crippen LogP contribution in [0.15, 0.2) is 0 Å². The monoisotopic (exact) mass is 273 g/mol. The molecule has 0 radical (unpaired) electrons. The number of piperazine rings is 1. The molecule has 18 heavy (non-hydrogen) atoms. The van der Waals surface area contributed by atoms with Gasteiger partial charge in [-0.2, -0.15) is 9.57 Å². The largest absolute Gasteiger partial charge is 0.285 e. The van der Waals surface area contributed by atoms with Crippen LogP contribution in [0, 0.1) is 11.3 Å². The molecule has 1 unspecified atom stereocenters. The smallest absolute Gasteiger partial charge is 0.214 e. The highest BCUT2D eigenvalue weighted by atomic mass is 32.2. The van der Waals surface area contributed by atoms with Crippen LogP contribution in [0.5, 0.6) is 0 Å². The van der Waals surface area contributed by atoms with Gasteiger partial charge in [0.15, 0.2) is 0 Å². The van der Waals surface area contributed by atoms with Crippen molar-refractivity contribution in [2.24, 2.45) is 0 Å². The number of rotatable bonds is 6. The lowest BCUT2D eigenvalue weighted by Gasteiger charge is -2.35. The Morgan fingerprint density at radius 3 is 2.28 bits per heavy atom. The van der Waals surface area contributed by atoms with Gasteiger partial charge >= 0.3 is 0 Å². The van der Waals surface area contributed by atoms with Crippen LogP contribution in [0.2, 0.25) is 0 Å². The van der Waals surface area contributed by atoms with Crippen LogP contribution < -0.4 is 0 Å². The minimum Gasteiger partial charge on any atom is -0.285 e. The van der Waals surface area contributed by atoms with E-state index in [1.54, 1.807) is 4.31 Å². The second-order valence-electron chi connectivity index (χ2n) is 4.66. The Morgan fingerprint density at radius 1 is 1.22 bits per heavy atom. The second kappa shape index (κ2) is 7.07. The number of hydrogen-bond donors (Lipinski definition) is 0. The van der Waals surface area contributed by atoms with Crippen LogP contribution in [0.4, 0.5) is 0 Å². The Balaban J connectivity index is 2.51. The zero-order chi connectivity index (χ0) is 13.6. The fraction of sp³-hybridized carbons (Fsp3) is 0.917. The third kappa shape index (κ3) is 3.94. The molecule has 0 amide bonds. The zero-order valence-electron chi connectivity index (χ0n) is 11.3. The van der Waals surface area contributed by atoms with Crippen LogP contribution in [-0.2, 0) is 10.0 Å². The topological polar surface area (TPSA) is 64.4 Å². The van der Waals surface area contributed by atoms with Gasteiger partial charge in [0.05, 0.1) is 17.9 Å². The Morgan fingerprint density at radius 2 is 1.83 bits per heavy atom. The lowest BCUT2D eigenvalue weighted by molar-refractivity contribution is 0.159.